The molecule has 0 bridgehead atoms. The molecule has 4 rings (SSSR count). The monoisotopic (exact) mass is 325 g/mol. The summed E-state index contributed by atoms with van der Waals surface area (Å²) in [6.07, 6.45) is 1.17. The maximum absolute atomic E-state index is 6.00. The Morgan fingerprint density at radius 2 is 2.17 bits per heavy atom. The first kappa shape index (κ1) is 15.4. The van der Waals surface area contributed by atoms with E-state index < -0.39 is 0 Å². The standard InChI is InChI=1S/C19H23N3O2/c1-12-13(2)21-19(20-12)17-9-15(23-3)10-22(17)11-16-8-14-6-4-5-7-18(14)24-16/h4-8,15,17H,9-11H2,1-3H3,(H,20,21)/t15-,17+/m1/s1. The van der Waals surface area contributed by atoms with Gasteiger partial charge in [0.25, 0.3) is 0 Å². The van der Waals surface area contributed by atoms with Crippen LogP contribution in [0.2, 0.25) is 0 Å². The summed E-state index contributed by atoms with van der Waals surface area (Å²) >= 11 is 0. The Morgan fingerprint density at radius 3 is 2.88 bits per heavy atom. The number of hydrogen-bond acceptors (Lipinski definition) is 4. The number of rotatable bonds is 4. The molecule has 2 aromatic heterocycles. The number of para-hydroxylation sites is 1. The number of likely N-dealkylation sites (tertiary alicyclic amines) is 1. The second-order valence-electron chi connectivity index (χ2n) is 6.62. The largest absolute Gasteiger partial charge is 0.460 e. The third kappa shape index (κ3) is 2.74. The van der Waals surface area contributed by atoms with Crippen molar-refractivity contribution in [3.63, 3.8) is 0 Å². The molecule has 24 heavy (non-hydrogen) atoms. The van der Waals surface area contributed by atoms with Gasteiger partial charge in [-0.2, -0.15) is 0 Å². The van der Waals surface area contributed by atoms with Crippen molar-refractivity contribution in [1.82, 2.24) is 14.9 Å². The van der Waals surface area contributed by atoms with Gasteiger partial charge in [0.05, 0.1) is 24.4 Å². The molecule has 0 saturated carbocycles. The first-order valence-electron chi connectivity index (χ1n) is 8.41. The molecule has 0 radical (unpaired) electrons. The predicted octanol–water partition coefficient (Wildman–Crippen LogP) is 3.73. The Kier molecular flexibility index (Phi) is 3.90. The molecule has 5 nitrogen and oxygen atoms in total. The number of furan rings is 1. The average molecular weight is 325 g/mol. The number of imidazole rings is 1. The first-order chi connectivity index (χ1) is 11.6. The molecule has 0 unspecified atom stereocenters. The van der Waals surface area contributed by atoms with Gasteiger partial charge in [0, 0.05) is 24.7 Å². The summed E-state index contributed by atoms with van der Waals surface area (Å²) in [4.78, 5) is 10.5. The second-order valence-corrected chi connectivity index (χ2v) is 6.62. The Morgan fingerprint density at radius 1 is 1.33 bits per heavy atom. The number of hydrogen-bond donors (Lipinski definition) is 1. The second kappa shape index (κ2) is 6.07. The van der Waals surface area contributed by atoms with Crippen LogP contribution in [0.15, 0.2) is 34.7 Å². The van der Waals surface area contributed by atoms with Gasteiger partial charge in [0.15, 0.2) is 0 Å². The smallest absolute Gasteiger partial charge is 0.134 e. The zero-order chi connectivity index (χ0) is 16.7. The van der Waals surface area contributed by atoms with E-state index in [-0.39, 0.29) is 12.1 Å². The molecule has 0 aliphatic carbocycles. The van der Waals surface area contributed by atoms with Crippen molar-refractivity contribution in [1.29, 1.82) is 0 Å². The predicted molar refractivity (Wildman–Crippen MR) is 92.8 cm³/mol. The maximum atomic E-state index is 6.00. The van der Waals surface area contributed by atoms with Gasteiger partial charge in [0.1, 0.15) is 17.2 Å². The molecule has 3 aromatic rings. The topological polar surface area (TPSA) is 54.3 Å². The van der Waals surface area contributed by atoms with Crippen LogP contribution in [-0.2, 0) is 11.3 Å². The van der Waals surface area contributed by atoms with E-state index in [4.69, 9.17) is 14.1 Å². The van der Waals surface area contributed by atoms with Crippen molar-refractivity contribution in [3.05, 3.63) is 53.3 Å². The summed E-state index contributed by atoms with van der Waals surface area (Å²) in [6.45, 7) is 5.76. The molecular weight excluding hydrogens is 302 g/mol. The molecule has 3 heterocycles. The normalized spacial score (nSPS) is 21.8. The number of aromatic amines is 1. The number of methoxy groups -OCH3 is 1. The summed E-state index contributed by atoms with van der Waals surface area (Å²) < 4.78 is 11.6. The van der Waals surface area contributed by atoms with Gasteiger partial charge < -0.3 is 14.1 Å². The highest BCUT2D eigenvalue weighted by Crippen LogP contribution is 2.34. The van der Waals surface area contributed by atoms with Crippen molar-refractivity contribution >= 4 is 11.0 Å². The number of ether oxygens (including phenoxy) is 1. The highest BCUT2D eigenvalue weighted by atomic mass is 16.5. The third-order valence-electron chi connectivity index (χ3n) is 5.00. The van der Waals surface area contributed by atoms with E-state index in [1.807, 2.05) is 25.1 Å². The SMILES string of the molecule is CO[C@@H]1C[C@@H](c2nc(C)c(C)[nH]2)N(Cc2cc3ccccc3o2)C1. The lowest BCUT2D eigenvalue weighted by molar-refractivity contribution is 0.106. The minimum Gasteiger partial charge on any atom is -0.460 e. The fraction of sp³-hybridized carbons (Fsp3) is 0.421. The van der Waals surface area contributed by atoms with Crippen LogP contribution in [-0.4, -0.2) is 34.6 Å². The number of nitrogens with one attached hydrogen (secondary N) is 1. The van der Waals surface area contributed by atoms with E-state index in [0.717, 1.165) is 53.5 Å². The van der Waals surface area contributed by atoms with E-state index in [2.05, 4.69) is 28.9 Å². The Balaban J connectivity index is 1.61. The van der Waals surface area contributed by atoms with Crippen LogP contribution in [0.1, 0.15) is 35.4 Å². The zero-order valence-corrected chi connectivity index (χ0v) is 14.4. The lowest BCUT2D eigenvalue weighted by atomic mass is 10.2. The fourth-order valence-electron chi connectivity index (χ4n) is 3.54. The fourth-order valence-corrected chi connectivity index (χ4v) is 3.54. The Labute approximate surface area is 141 Å². The number of aromatic nitrogens is 2. The highest BCUT2D eigenvalue weighted by molar-refractivity contribution is 5.77. The lowest BCUT2D eigenvalue weighted by Crippen LogP contribution is -2.25. The molecule has 126 valence electrons. The van der Waals surface area contributed by atoms with Gasteiger partial charge in [-0.15, -0.1) is 0 Å². The molecule has 1 N–H and O–H groups in total. The van der Waals surface area contributed by atoms with Gasteiger partial charge >= 0.3 is 0 Å². The Bertz CT molecular complexity index is 799. The molecule has 1 saturated heterocycles. The number of aryl methyl sites for hydroxylation is 2. The molecule has 1 aliphatic heterocycles. The van der Waals surface area contributed by atoms with Gasteiger partial charge in [-0.05, 0) is 32.4 Å². The van der Waals surface area contributed by atoms with Gasteiger partial charge in [-0.1, -0.05) is 18.2 Å². The molecule has 2 atom stereocenters. The van der Waals surface area contributed by atoms with Crippen molar-refractivity contribution < 1.29 is 9.15 Å². The number of benzene rings is 1. The molecule has 0 spiro atoms. The van der Waals surface area contributed by atoms with Crippen molar-refractivity contribution in [2.75, 3.05) is 13.7 Å². The summed E-state index contributed by atoms with van der Waals surface area (Å²) in [5.74, 6) is 2.01. The summed E-state index contributed by atoms with van der Waals surface area (Å²) in [7, 11) is 1.78. The first-order valence-corrected chi connectivity index (χ1v) is 8.41. The lowest BCUT2D eigenvalue weighted by Gasteiger charge is -2.21. The number of fused-ring (bicyclic) bond motifs is 1. The molecule has 5 heteroatoms. The van der Waals surface area contributed by atoms with Crippen LogP contribution < -0.4 is 0 Å². The summed E-state index contributed by atoms with van der Waals surface area (Å²) in [5.41, 5.74) is 3.14. The van der Waals surface area contributed by atoms with Crippen molar-refractivity contribution in [2.24, 2.45) is 0 Å². The van der Waals surface area contributed by atoms with E-state index >= 15 is 0 Å². The highest BCUT2D eigenvalue weighted by Gasteiger charge is 2.35. The van der Waals surface area contributed by atoms with Gasteiger partial charge in [-0.3, -0.25) is 4.90 Å². The Hall–Kier alpha value is -2.11. The van der Waals surface area contributed by atoms with Crippen LogP contribution in [0, 0.1) is 13.8 Å². The van der Waals surface area contributed by atoms with E-state index in [0.29, 0.717) is 0 Å². The van der Waals surface area contributed by atoms with Crippen LogP contribution in [0.3, 0.4) is 0 Å². The van der Waals surface area contributed by atoms with Crippen LogP contribution in [0.5, 0.6) is 0 Å². The van der Waals surface area contributed by atoms with Crippen LogP contribution >= 0.6 is 0 Å². The molecule has 0 amide bonds. The number of nitrogens with zero attached hydrogens (tertiary/aromatic N) is 2. The van der Waals surface area contributed by atoms with E-state index in [9.17, 15) is 0 Å². The van der Waals surface area contributed by atoms with E-state index in [1.54, 1.807) is 7.11 Å². The van der Waals surface area contributed by atoms with E-state index in [1.165, 1.54) is 0 Å². The van der Waals surface area contributed by atoms with Gasteiger partial charge in [-0.25, -0.2) is 4.98 Å². The zero-order valence-electron chi connectivity index (χ0n) is 14.4. The minimum absolute atomic E-state index is 0.227. The summed E-state index contributed by atoms with van der Waals surface area (Å²) in [5, 5.41) is 1.15. The quantitative estimate of drug-likeness (QED) is 0.794. The minimum atomic E-state index is 0.227. The third-order valence-corrected chi connectivity index (χ3v) is 5.00. The molecule has 1 aromatic carbocycles. The van der Waals surface area contributed by atoms with Crippen molar-refractivity contribution in [3.8, 4) is 0 Å². The molecule has 1 fully saturated rings. The average Bonchev–Trinajstić information content (AvgIpc) is 3.25. The maximum Gasteiger partial charge on any atom is 0.134 e. The molecular formula is C19H23N3O2. The van der Waals surface area contributed by atoms with Crippen molar-refractivity contribution in [2.45, 2.75) is 39.0 Å². The van der Waals surface area contributed by atoms with Crippen LogP contribution in [0.4, 0.5) is 0 Å². The summed E-state index contributed by atoms with van der Waals surface area (Å²) in [6, 6.07) is 10.5. The number of H-pyrrole nitrogens is 1. The van der Waals surface area contributed by atoms with Gasteiger partial charge in [0.2, 0.25) is 0 Å². The van der Waals surface area contributed by atoms with Crippen LogP contribution in [0.25, 0.3) is 11.0 Å². The molecule has 1 aliphatic rings.